The average Bonchev–Trinajstić information content (AvgIpc) is 3.39. The van der Waals surface area contributed by atoms with Crippen LogP contribution >= 0.6 is 0 Å². The number of ether oxygens (including phenoxy) is 6. The van der Waals surface area contributed by atoms with Crippen LogP contribution in [0.4, 0.5) is 5.69 Å². The van der Waals surface area contributed by atoms with Gasteiger partial charge in [-0.3, -0.25) is 0 Å². The number of aliphatic hydroxyl groups excluding tert-OH is 3. The maximum Gasteiger partial charge on any atom is 0.335 e. The first-order valence-corrected chi connectivity index (χ1v) is 13.6. The molecule has 6 N–H and O–H groups in total. The second-order valence-corrected chi connectivity index (χ2v) is 10.8. The van der Waals surface area contributed by atoms with Crippen LogP contribution in [0, 0.1) is 0 Å². The summed E-state index contributed by atoms with van der Waals surface area (Å²) in [5.41, 5.74) is 3.10. The highest BCUT2D eigenvalue weighted by molar-refractivity contribution is 5.84. The predicted molar refractivity (Wildman–Crippen MR) is 147 cm³/mol. The van der Waals surface area contributed by atoms with Crippen molar-refractivity contribution in [3.8, 4) is 45.6 Å². The Bertz CT molecular complexity index is 1630. The van der Waals surface area contributed by atoms with Gasteiger partial charge in [0.1, 0.15) is 35.9 Å². The van der Waals surface area contributed by atoms with Gasteiger partial charge in [0.2, 0.25) is 5.75 Å². The summed E-state index contributed by atoms with van der Waals surface area (Å²) in [6, 6.07) is 11.9. The molecule has 0 amide bonds. The number of hydrogen-bond acceptors (Lipinski definition) is 12. The van der Waals surface area contributed by atoms with Crippen molar-refractivity contribution < 1.29 is 58.7 Å². The summed E-state index contributed by atoms with van der Waals surface area (Å²) in [6.07, 6.45) is -7.95. The van der Waals surface area contributed by atoms with Crippen molar-refractivity contribution >= 4 is 11.7 Å². The molecule has 1 saturated heterocycles. The number of hydrogen-bond donors (Lipinski definition) is 6. The van der Waals surface area contributed by atoms with Crippen molar-refractivity contribution in [2.75, 3.05) is 32.7 Å². The van der Waals surface area contributed by atoms with Crippen molar-refractivity contribution in [2.24, 2.45) is 0 Å². The van der Waals surface area contributed by atoms with Crippen molar-refractivity contribution in [3.05, 3.63) is 53.6 Å². The van der Waals surface area contributed by atoms with Crippen LogP contribution in [-0.2, 0) is 9.53 Å². The molecule has 3 aromatic carbocycles. The molecule has 3 aromatic rings. The van der Waals surface area contributed by atoms with Gasteiger partial charge in [-0.05, 0) is 35.4 Å². The molecule has 0 saturated carbocycles. The molecule has 4 aliphatic rings. The first kappa shape index (κ1) is 27.4. The van der Waals surface area contributed by atoms with Crippen LogP contribution in [0.25, 0.3) is 11.1 Å². The molecular formula is C30H29NO12. The van der Waals surface area contributed by atoms with Crippen molar-refractivity contribution in [3.63, 3.8) is 0 Å². The molecule has 4 aliphatic heterocycles. The zero-order valence-electron chi connectivity index (χ0n) is 23.0. The van der Waals surface area contributed by atoms with Crippen LogP contribution in [0.3, 0.4) is 0 Å². The summed E-state index contributed by atoms with van der Waals surface area (Å²) in [5, 5.41) is 54.8. The number of carboxylic acid groups (broad SMARTS) is 1. The fraction of sp³-hybridized carbons (Fsp3) is 0.367. The number of aliphatic hydroxyl groups is 3. The second kappa shape index (κ2) is 9.81. The fourth-order valence-corrected chi connectivity index (χ4v) is 6.39. The van der Waals surface area contributed by atoms with E-state index in [9.17, 15) is 30.3 Å². The molecular weight excluding hydrogens is 566 g/mol. The summed E-state index contributed by atoms with van der Waals surface area (Å²) < 4.78 is 35.9. The van der Waals surface area contributed by atoms with Gasteiger partial charge in [0, 0.05) is 11.1 Å². The minimum absolute atomic E-state index is 0.0160. The Morgan fingerprint density at radius 2 is 1.86 bits per heavy atom. The van der Waals surface area contributed by atoms with Crippen molar-refractivity contribution in [1.29, 1.82) is 0 Å². The Balaban J connectivity index is 1.37. The van der Waals surface area contributed by atoms with Gasteiger partial charge in [0.15, 0.2) is 29.1 Å². The molecule has 7 rings (SSSR count). The number of aromatic hydroxyl groups is 1. The van der Waals surface area contributed by atoms with E-state index in [1.54, 1.807) is 31.4 Å². The predicted octanol–water partition coefficient (Wildman–Crippen LogP) is 1.75. The van der Waals surface area contributed by atoms with Gasteiger partial charge in [0.25, 0.3) is 5.79 Å². The fourth-order valence-electron chi connectivity index (χ4n) is 6.39. The summed E-state index contributed by atoms with van der Waals surface area (Å²) in [4.78, 5) is 11.8. The molecule has 7 atom stereocenters. The number of aliphatic carboxylic acids is 1. The number of anilines is 1. The lowest BCUT2D eigenvalue weighted by molar-refractivity contribution is -0.325. The van der Waals surface area contributed by atoms with Crippen LogP contribution < -0.4 is 29.0 Å². The minimum atomic E-state index is -2.06. The number of rotatable bonds is 4. The van der Waals surface area contributed by atoms with Gasteiger partial charge in [-0.1, -0.05) is 18.2 Å². The SMILES string of the molecule is COc1ccc2c(c1OC)O[C@H]1c3c(-c4cccc(O)c4)cc4c(c3OC[C@@H]21)NC[C@@]1(O4)O[C@H](C(=O)O)[C@@H](O)[C@H](O)[C@H]1O. The number of carboxylic acids is 1. The average molecular weight is 596 g/mol. The number of phenols is 1. The molecule has 13 nitrogen and oxygen atoms in total. The van der Waals surface area contributed by atoms with E-state index in [4.69, 9.17) is 28.4 Å². The molecule has 0 unspecified atom stereocenters. The number of benzene rings is 3. The maximum atomic E-state index is 11.8. The van der Waals surface area contributed by atoms with E-state index in [2.05, 4.69) is 5.32 Å². The van der Waals surface area contributed by atoms with E-state index in [1.807, 2.05) is 12.1 Å². The first-order valence-electron chi connectivity index (χ1n) is 13.6. The van der Waals surface area contributed by atoms with Crippen LogP contribution in [0.2, 0.25) is 0 Å². The molecule has 1 fully saturated rings. The highest BCUT2D eigenvalue weighted by Gasteiger charge is 2.59. The number of fused-ring (bicyclic) bond motifs is 7. The zero-order chi connectivity index (χ0) is 30.2. The molecule has 0 bridgehead atoms. The van der Waals surface area contributed by atoms with Gasteiger partial charge in [-0.15, -0.1) is 0 Å². The van der Waals surface area contributed by atoms with Crippen LogP contribution in [0.1, 0.15) is 23.1 Å². The molecule has 4 heterocycles. The number of nitrogens with one attached hydrogen (secondary N) is 1. The molecule has 0 aromatic heterocycles. The standard InChI is InChI=1S/C30H29NO12/c1-38-17-7-6-14-16-10-40-26-19(23(16)41-24(14)25(17)39-2)15(12-4-3-5-13(32)8-12)9-18-20(26)31-11-30(42-18)28(35)22(34)21(33)27(43-30)29(36)37/h3-9,16,21-23,27-28,31-35H,10-11H2,1-2H3,(H,36,37)/t16-,21-,22-,23+,27-,28+,30+/m0/s1. The summed E-state index contributed by atoms with van der Waals surface area (Å²) in [5.74, 6) is -1.77. The molecule has 1 spiro atoms. The number of phenolic OH excluding ortho intramolecular Hbond substituents is 1. The van der Waals surface area contributed by atoms with E-state index < -0.39 is 42.3 Å². The highest BCUT2D eigenvalue weighted by atomic mass is 16.7. The first-order chi connectivity index (χ1) is 20.7. The Morgan fingerprint density at radius 1 is 1.05 bits per heavy atom. The lowest BCUT2D eigenvalue weighted by Gasteiger charge is -2.49. The Labute approximate surface area is 244 Å². The topological polar surface area (TPSA) is 186 Å². The lowest BCUT2D eigenvalue weighted by Crippen LogP contribution is -2.71. The minimum Gasteiger partial charge on any atom is -0.508 e. The highest BCUT2D eigenvalue weighted by Crippen LogP contribution is 2.61. The smallest absolute Gasteiger partial charge is 0.335 e. The maximum absolute atomic E-state index is 11.8. The van der Waals surface area contributed by atoms with E-state index in [1.165, 1.54) is 13.2 Å². The third kappa shape index (κ3) is 3.96. The largest absolute Gasteiger partial charge is 0.508 e. The Morgan fingerprint density at radius 3 is 2.58 bits per heavy atom. The van der Waals surface area contributed by atoms with E-state index in [-0.39, 0.29) is 30.6 Å². The van der Waals surface area contributed by atoms with Gasteiger partial charge < -0.3 is 59.3 Å². The molecule has 226 valence electrons. The summed E-state index contributed by atoms with van der Waals surface area (Å²) in [6.45, 7) is -0.0514. The van der Waals surface area contributed by atoms with Gasteiger partial charge in [-0.25, -0.2) is 4.79 Å². The quantitative estimate of drug-likeness (QED) is 0.257. The van der Waals surface area contributed by atoms with Gasteiger partial charge in [-0.2, -0.15) is 0 Å². The summed E-state index contributed by atoms with van der Waals surface area (Å²) >= 11 is 0. The van der Waals surface area contributed by atoms with Crippen molar-refractivity contribution in [1.82, 2.24) is 0 Å². The molecule has 0 radical (unpaired) electrons. The molecule has 43 heavy (non-hydrogen) atoms. The van der Waals surface area contributed by atoms with E-state index in [0.29, 0.717) is 45.4 Å². The monoisotopic (exact) mass is 595 g/mol. The van der Waals surface area contributed by atoms with Crippen LogP contribution in [0.15, 0.2) is 42.5 Å². The Kier molecular flexibility index (Phi) is 6.25. The van der Waals surface area contributed by atoms with Crippen LogP contribution in [-0.4, -0.2) is 89.1 Å². The molecule has 13 heteroatoms. The lowest BCUT2D eigenvalue weighted by atomic mass is 9.84. The molecule has 0 aliphatic carbocycles. The zero-order valence-corrected chi connectivity index (χ0v) is 23.0. The second-order valence-electron chi connectivity index (χ2n) is 10.8. The van der Waals surface area contributed by atoms with Crippen LogP contribution in [0.5, 0.6) is 34.5 Å². The van der Waals surface area contributed by atoms with E-state index in [0.717, 1.165) is 5.56 Å². The van der Waals surface area contributed by atoms with Gasteiger partial charge in [0.05, 0.1) is 33.3 Å². The summed E-state index contributed by atoms with van der Waals surface area (Å²) in [7, 11) is 3.08. The normalized spacial score (nSPS) is 29.9. The third-order valence-electron chi connectivity index (χ3n) is 8.47. The van der Waals surface area contributed by atoms with Gasteiger partial charge >= 0.3 is 5.97 Å². The van der Waals surface area contributed by atoms with E-state index >= 15 is 0 Å². The third-order valence-corrected chi connectivity index (χ3v) is 8.47. The number of carbonyl (C=O) groups is 1. The number of methoxy groups -OCH3 is 2. The van der Waals surface area contributed by atoms with Crippen molar-refractivity contribution in [2.45, 2.75) is 42.2 Å². The Hall–Kier alpha value is -4.43.